The number of hydrogen-bond donors (Lipinski definition) is 1. The van der Waals surface area contributed by atoms with E-state index in [0.29, 0.717) is 26.1 Å². The Balaban J connectivity index is 2.06. The van der Waals surface area contributed by atoms with Gasteiger partial charge in [0.05, 0.1) is 18.0 Å². The molecule has 1 aliphatic heterocycles. The molecule has 1 fully saturated rings. The zero-order valence-electron chi connectivity index (χ0n) is 13.0. The fourth-order valence-corrected chi connectivity index (χ4v) is 2.62. The Morgan fingerprint density at radius 3 is 2.36 bits per heavy atom. The molecule has 0 spiro atoms. The fraction of sp³-hybridized carbons (Fsp3) is 0.500. The number of nitrogens with two attached hydrogens (primary N) is 1. The van der Waals surface area contributed by atoms with Gasteiger partial charge in [0.15, 0.2) is 5.79 Å². The molecule has 1 heterocycles. The molecule has 2 rings (SSSR count). The molecule has 0 atom stereocenters. The summed E-state index contributed by atoms with van der Waals surface area (Å²) in [6.07, 6.45) is 4.69. The number of benzene rings is 1. The van der Waals surface area contributed by atoms with E-state index in [-0.39, 0.29) is 0 Å². The molecule has 0 aromatic heterocycles. The Bertz CT molecular complexity index is 617. The molecular weight excluding hydrogens is 302 g/mol. The summed E-state index contributed by atoms with van der Waals surface area (Å²) in [5, 5.41) is 5.21. The molecule has 0 aliphatic carbocycles. The van der Waals surface area contributed by atoms with Crippen molar-refractivity contribution in [3.05, 3.63) is 48.0 Å². The Morgan fingerprint density at radius 1 is 1.23 bits per heavy atom. The minimum Gasteiger partial charge on any atom is -0.343 e. The minimum absolute atomic E-state index is 0.557. The molecule has 6 heteroatoms. The van der Waals surface area contributed by atoms with Crippen LogP contribution in [0.15, 0.2) is 42.5 Å². The van der Waals surface area contributed by atoms with Crippen molar-refractivity contribution in [3.8, 4) is 0 Å². The Labute approximate surface area is 132 Å². The van der Waals surface area contributed by atoms with Gasteiger partial charge < -0.3 is 9.47 Å². The van der Waals surface area contributed by atoms with Gasteiger partial charge in [-0.15, -0.1) is 0 Å². The Kier molecular flexibility index (Phi) is 5.07. The minimum atomic E-state index is -3.62. The van der Waals surface area contributed by atoms with Gasteiger partial charge in [0.2, 0.25) is 10.0 Å². The largest absolute Gasteiger partial charge is 0.343 e. The molecule has 122 valence electrons. The smallest absolute Gasteiger partial charge is 0.217 e. The van der Waals surface area contributed by atoms with Crippen LogP contribution in [-0.2, 0) is 25.3 Å². The van der Waals surface area contributed by atoms with Gasteiger partial charge in [-0.2, -0.15) is 0 Å². The summed E-state index contributed by atoms with van der Waals surface area (Å²) in [6, 6.07) is 9.79. The van der Waals surface area contributed by atoms with E-state index in [1.807, 2.05) is 36.4 Å². The lowest BCUT2D eigenvalue weighted by Gasteiger charge is -2.27. The molecule has 2 N–H and O–H groups in total. The molecular formula is C16H23NO4S. The van der Waals surface area contributed by atoms with E-state index in [2.05, 4.69) is 0 Å². The normalized spacial score (nSPS) is 18.9. The van der Waals surface area contributed by atoms with Crippen LogP contribution in [0.1, 0.15) is 32.3 Å². The van der Waals surface area contributed by atoms with Gasteiger partial charge in [0, 0.05) is 12.0 Å². The predicted molar refractivity (Wildman–Crippen MR) is 85.6 cm³/mol. The van der Waals surface area contributed by atoms with Crippen LogP contribution in [0.4, 0.5) is 0 Å². The van der Waals surface area contributed by atoms with Gasteiger partial charge in [0.1, 0.15) is 0 Å². The lowest BCUT2D eigenvalue weighted by atomic mass is 10.00. The van der Waals surface area contributed by atoms with Crippen LogP contribution in [0.3, 0.4) is 0 Å². The molecule has 0 bridgehead atoms. The fourth-order valence-electron chi connectivity index (χ4n) is 2.34. The maximum Gasteiger partial charge on any atom is 0.217 e. The Hall–Kier alpha value is -1.21. The quantitative estimate of drug-likeness (QED) is 0.814. The van der Waals surface area contributed by atoms with Gasteiger partial charge in [-0.1, -0.05) is 42.5 Å². The van der Waals surface area contributed by atoms with Crippen LogP contribution in [0.5, 0.6) is 0 Å². The SMILES string of the molecule is CC(C)(/C=C/CCC1(c2ccccc2)OCCO1)S(N)(=O)=O. The van der Waals surface area contributed by atoms with Crippen molar-refractivity contribution in [2.45, 2.75) is 37.2 Å². The highest BCUT2D eigenvalue weighted by molar-refractivity contribution is 7.90. The summed E-state index contributed by atoms with van der Waals surface area (Å²) in [5.41, 5.74) is 0.978. The third kappa shape index (κ3) is 3.76. The molecule has 0 radical (unpaired) electrons. The Morgan fingerprint density at radius 2 is 1.82 bits per heavy atom. The van der Waals surface area contributed by atoms with E-state index in [0.717, 1.165) is 5.56 Å². The average Bonchev–Trinajstić information content (AvgIpc) is 2.93. The van der Waals surface area contributed by atoms with E-state index in [1.165, 1.54) is 0 Å². The summed E-state index contributed by atoms with van der Waals surface area (Å²) in [4.78, 5) is 0. The first-order valence-corrected chi connectivity index (χ1v) is 8.85. The molecule has 5 nitrogen and oxygen atoms in total. The topological polar surface area (TPSA) is 78.6 Å². The van der Waals surface area contributed by atoms with Crippen molar-refractivity contribution in [1.29, 1.82) is 0 Å². The van der Waals surface area contributed by atoms with Gasteiger partial charge >= 0.3 is 0 Å². The van der Waals surface area contributed by atoms with Crippen LogP contribution in [-0.4, -0.2) is 26.4 Å². The highest BCUT2D eigenvalue weighted by Crippen LogP contribution is 2.36. The zero-order valence-corrected chi connectivity index (χ0v) is 13.8. The van der Waals surface area contributed by atoms with Crippen LogP contribution in [0.25, 0.3) is 0 Å². The first kappa shape index (κ1) is 17.1. The molecule has 0 saturated carbocycles. The highest BCUT2D eigenvalue weighted by Gasteiger charge is 2.37. The second-order valence-corrected chi connectivity index (χ2v) is 8.05. The number of primary sulfonamides is 1. The summed E-state index contributed by atoms with van der Waals surface area (Å²) in [5.74, 6) is -0.739. The number of rotatable bonds is 6. The van der Waals surface area contributed by atoms with Crippen LogP contribution < -0.4 is 5.14 Å². The van der Waals surface area contributed by atoms with Crippen LogP contribution >= 0.6 is 0 Å². The van der Waals surface area contributed by atoms with Crippen molar-refractivity contribution >= 4 is 10.0 Å². The average molecular weight is 325 g/mol. The van der Waals surface area contributed by atoms with Gasteiger partial charge in [-0.25, -0.2) is 13.6 Å². The van der Waals surface area contributed by atoms with Gasteiger partial charge in [-0.05, 0) is 20.3 Å². The second-order valence-electron chi connectivity index (χ2n) is 5.91. The van der Waals surface area contributed by atoms with E-state index >= 15 is 0 Å². The first-order valence-electron chi connectivity index (χ1n) is 7.30. The number of allylic oxidation sites excluding steroid dienone is 1. The second kappa shape index (κ2) is 6.50. The molecule has 0 amide bonds. The molecule has 1 aliphatic rings. The predicted octanol–water partition coefficient (Wildman–Crippen LogP) is 2.29. The van der Waals surface area contributed by atoms with Crippen molar-refractivity contribution in [2.75, 3.05) is 13.2 Å². The molecule has 1 aromatic carbocycles. The first-order chi connectivity index (χ1) is 10.3. The maximum atomic E-state index is 11.5. The standard InChI is InChI=1S/C16H23NO4S/c1-15(2,22(17,18)19)10-6-7-11-16(20-12-13-21-16)14-8-4-3-5-9-14/h3-6,8-10H,7,11-13H2,1-2H3,(H2,17,18,19)/b10-6+. The number of hydrogen-bond acceptors (Lipinski definition) is 4. The lowest BCUT2D eigenvalue weighted by molar-refractivity contribution is -0.170. The van der Waals surface area contributed by atoms with E-state index in [1.54, 1.807) is 19.9 Å². The third-order valence-electron chi connectivity index (χ3n) is 3.86. The van der Waals surface area contributed by atoms with Crippen LogP contribution in [0.2, 0.25) is 0 Å². The van der Waals surface area contributed by atoms with E-state index in [4.69, 9.17) is 14.6 Å². The van der Waals surface area contributed by atoms with Crippen LogP contribution in [0, 0.1) is 0 Å². The molecule has 1 saturated heterocycles. The van der Waals surface area contributed by atoms with Gasteiger partial charge in [0.25, 0.3) is 0 Å². The molecule has 1 aromatic rings. The van der Waals surface area contributed by atoms with Crippen molar-refractivity contribution < 1.29 is 17.9 Å². The maximum absolute atomic E-state index is 11.5. The zero-order chi connectivity index (χ0) is 16.3. The van der Waals surface area contributed by atoms with Gasteiger partial charge in [-0.3, -0.25) is 0 Å². The monoisotopic (exact) mass is 325 g/mol. The summed E-state index contributed by atoms with van der Waals surface area (Å²) < 4.78 is 33.5. The summed E-state index contributed by atoms with van der Waals surface area (Å²) >= 11 is 0. The summed E-state index contributed by atoms with van der Waals surface area (Å²) in [6.45, 7) is 4.27. The van der Waals surface area contributed by atoms with Crippen molar-refractivity contribution in [2.24, 2.45) is 5.14 Å². The summed E-state index contributed by atoms with van der Waals surface area (Å²) in [7, 11) is -3.62. The van der Waals surface area contributed by atoms with Crippen molar-refractivity contribution in [3.63, 3.8) is 0 Å². The number of sulfonamides is 1. The highest BCUT2D eigenvalue weighted by atomic mass is 32.2. The third-order valence-corrected chi connectivity index (χ3v) is 5.46. The van der Waals surface area contributed by atoms with E-state index < -0.39 is 20.6 Å². The molecule has 0 unspecified atom stereocenters. The van der Waals surface area contributed by atoms with E-state index in [9.17, 15) is 8.42 Å². The lowest BCUT2D eigenvalue weighted by Crippen LogP contribution is -2.35. The van der Waals surface area contributed by atoms with Crippen molar-refractivity contribution in [1.82, 2.24) is 0 Å². The number of ether oxygens (including phenoxy) is 2. The molecule has 22 heavy (non-hydrogen) atoms.